The Balaban J connectivity index is 1.74. The van der Waals surface area contributed by atoms with E-state index in [0.717, 1.165) is 12.8 Å². The first-order chi connectivity index (χ1) is 8.59. The SMILES string of the molecule is O=C(O)C1C(C(=O)O)[C@@H]2O[C@H]1[C@@H]1[C@H]2[C@@H]2CC[C@H]1O2. The van der Waals surface area contributed by atoms with Crippen LogP contribution in [0.5, 0.6) is 0 Å². The molecular weight excluding hydrogens is 240 g/mol. The molecule has 0 saturated carbocycles. The van der Waals surface area contributed by atoms with Gasteiger partial charge in [-0.05, 0) is 12.8 Å². The van der Waals surface area contributed by atoms with Gasteiger partial charge in [0.1, 0.15) is 0 Å². The highest BCUT2D eigenvalue weighted by molar-refractivity contribution is 5.82. The number of fused-ring (bicyclic) bond motifs is 9. The normalized spacial score (nSPS) is 55.8. The molecule has 2 unspecified atom stereocenters. The first kappa shape index (κ1) is 10.8. The number of hydrogen-bond acceptors (Lipinski definition) is 4. The highest BCUT2D eigenvalue weighted by Crippen LogP contribution is 2.60. The minimum Gasteiger partial charge on any atom is -0.481 e. The Morgan fingerprint density at radius 1 is 0.833 bits per heavy atom. The largest absolute Gasteiger partial charge is 0.481 e. The molecule has 0 aromatic heterocycles. The van der Waals surface area contributed by atoms with E-state index < -0.39 is 36.0 Å². The van der Waals surface area contributed by atoms with Crippen LogP contribution in [0.4, 0.5) is 0 Å². The average Bonchev–Trinajstić information content (AvgIpc) is 3.04. The Hall–Kier alpha value is -1.14. The molecule has 8 atom stereocenters. The molecule has 0 aliphatic carbocycles. The van der Waals surface area contributed by atoms with E-state index in [4.69, 9.17) is 9.47 Å². The average molecular weight is 254 g/mol. The maximum Gasteiger partial charge on any atom is 0.310 e. The van der Waals surface area contributed by atoms with E-state index >= 15 is 0 Å². The van der Waals surface area contributed by atoms with Gasteiger partial charge in [-0.3, -0.25) is 9.59 Å². The van der Waals surface area contributed by atoms with Crippen LogP contribution in [0.25, 0.3) is 0 Å². The van der Waals surface area contributed by atoms with E-state index in [1.807, 2.05) is 0 Å². The van der Waals surface area contributed by atoms with E-state index in [2.05, 4.69) is 0 Å². The second-order valence-corrected chi connectivity index (χ2v) is 5.74. The van der Waals surface area contributed by atoms with Gasteiger partial charge in [-0.2, -0.15) is 0 Å². The van der Waals surface area contributed by atoms with Crippen molar-refractivity contribution in [2.45, 2.75) is 37.3 Å². The molecule has 0 spiro atoms. The zero-order chi connectivity index (χ0) is 12.6. The molecule has 6 nitrogen and oxygen atoms in total. The summed E-state index contributed by atoms with van der Waals surface area (Å²) in [5.41, 5.74) is 0. The highest BCUT2D eigenvalue weighted by atomic mass is 16.6. The second kappa shape index (κ2) is 3.24. The van der Waals surface area contributed by atoms with Crippen LogP contribution in [-0.2, 0) is 19.1 Å². The fraction of sp³-hybridized carbons (Fsp3) is 0.833. The predicted molar refractivity (Wildman–Crippen MR) is 55.8 cm³/mol. The number of rotatable bonds is 2. The first-order valence-electron chi connectivity index (χ1n) is 6.36. The topological polar surface area (TPSA) is 93.1 Å². The summed E-state index contributed by atoms with van der Waals surface area (Å²) in [4.78, 5) is 22.6. The Morgan fingerprint density at radius 3 is 1.67 bits per heavy atom. The van der Waals surface area contributed by atoms with Crippen molar-refractivity contribution in [1.29, 1.82) is 0 Å². The van der Waals surface area contributed by atoms with Crippen molar-refractivity contribution in [3.63, 3.8) is 0 Å². The van der Waals surface area contributed by atoms with Gasteiger partial charge in [-0.15, -0.1) is 0 Å². The van der Waals surface area contributed by atoms with Crippen LogP contribution < -0.4 is 0 Å². The van der Waals surface area contributed by atoms with Crippen molar-refractivity contribution in [2.24, 2.45) is 23.7 Å². The van der Waals surface area contributed by atoms with Gasteiger partial charge >= 0.3 is 11.9 Å². The molecule has 4 aliphatic heterocycles. The van der Waals surface area contributed by atoms with E-state index in [1.165, 1.54) is 0 Å². The Bertz CT molecular complexity index is 396. The Morgan fingerprint density at radius 2 is 1.28 bits per heavy atom. The van der Waals surface area contributed by atoms with Crippen LogP contribution in [0.15, 0.2) is 0 Å². The summed E-state index contributed by atoms with van der Waals surface area (Å²) in [5, 5.41) is 18.5. The number of carbonyl (C=O) groups is 2. The number of aliphatic carboxylic acids is 2. The lowest BCUT2D eigenvalue weighted by Crippen LogP contribution is -2.49. The number of carboxylic acid groups (broad SMARTS) is 2. The minimum absolute atomic E-state index is 0.0756. The fourth-order valence-electron chi connectivity index (χ4n) is 4.62. The molecule has 0 radical (unpaired) electrons. The minimum atomic E-state index is -1.06. The molecule has 4 bridgehead atoms. The maximum absolute atomic E-state index is 11.3. The lowest BCUT2D eigenvalue weighted by atomic mass is 9.63. The molecule has 4 heterocycles. The molecule has 0 aromatic carbocycles. The number of carboxylic acids is 2. The van der Waals surface area contributed by atoms with Gasteiger partial charge in [0.2, 0.25) is 0 Å². The van der Waals surface area contributed by atoms with E-state index in [9.17, 15) is 19.8 Å². The van der Waals surface area contributed by atoms with Crippen LogP contribution in [0, 0.1) is 23.7 Å². The van der Waals surface area contributed by atoms with Crippen LogP contribution in [-0.4, -0.2) is 46.6 Å². The highest BCUT2D eigenvalue weighted by Gasteiger charge is 2.71. The quantitative estimate of drug-likeness (QED) is 0.718. The summed E-state index contributed by atoms with van der Waals surface area (Å²) in [6.45, 7) is 0. The molecular formula is C12H14O6. The van der Waals surface area contributed by atoms with Crippen molar-refractivity contribution in [2.75, 3.05) is 0 Å². The number of hydrogen-bond donors (Lipinski definition) is 2. The molecule has 0 aromatic rings. The summed E-state index contributed by atoms with van der Waals surface area (Å²) in [5.74, 6) is -3.78. The van der Waals surface area contributed by atoms with Crippen LogP contribution in [0.2, 0.25) is 0 Å². The summed E-state index contributed by atoms with van der Waals surface area (Å²) in [7, 11) is 0. The lowest BCUT2D eigenvalue weighted by molar-refractivity contribution is -0.155. The van der Waals surface area contributed by atoms with Gasteiger partial charge in [0.05, 0.1) is 36.3 Å². The molecule has 2 N–H and O–H groups in total. The molecule has 4 fully saturated rings. The molecule has 0 amide bonds. The van der Waals surface area contributed by atoms with Gasteiger partial charge in [0, 0.05) is 11.8 Å². The summed E-state index contributed by atoms with van der Waals surface area (Å²) in [6, 6.07) is 0. The third kappa shape index (κ3) is 1.06. The number of ether oxygens (including phenoxy) is 2. The lowest BCUT2D eigenvalue weighted by Gasteiger charge is -2.34. The van der Waals surface area contributed by atoms with Crippen LogP contribution in [0.1, 0.15) is 12.8 Å². The van der Waals surface area contributed by atoms with Gasteiger partial charge in [0.15, 0.2) is 0 Å². The third-order valence-electron chi connectivity index (χ3n) is 5.13. The zero-order valence-corrected chi connectivity index (χ0v) is 9.56. The standard InChI is InChI=1S/C12H14O6/c13-11(14)7-8(12(15)16)10-6-4-2-1-3(17-4)5(6)9(7)18-10/h3-10H,1-2H2,(H,13,14)(H,15,16)/t3-,4+,5+,6-,7?,8?,9+,10-. The van der Waals surface area contributed by atoms with Gasteiger partial charge in [0.25, 0.3) is 0 Å². The first-order valence-corrected chi connectivity index (χ1v) is 6.36. The van der Waals surface area contributed by atoms with Crippen molar-refractivity contribution >= 4 is 11.9 Å². The Labute approximate surface area is 103 Å². The van der Waals surface area contributed by atoms with Gasteiger partial charge in [-0.1, -0.05) is 0 Å². The summed E-state index contributed by atoms with van der Waals surface area (Å²) >= 11 is 0. The van der Waals surface area contributed by atoms with Crippen LogP contribution >= 0.6 is 0 Å². The predicted octanol–water partition coefficient (Wildman–Crippen LogP) is -0.0374. The van der Waals surface area contributed by atoms with Gasteiger partial charge < -0.3 is 19.7 Å². The maximum atomic E-state index is 11.3. The Kier molecular flexibility index (Phi) is 1.94. The summed E-state index contributed by atoms with van der Waals surface area (Å²) < 4.78 is 11.5. The second-order valence-electron chi connectivity index (χ2n) is 5.74. The van der Waals surface area contributed by atoms with E-state index in [-0.39, 0.29) is 24.0 Å². The van der Waals surface area contributed by atoms with Crippen molar-refractivity contribution < 1.29 is 29.3 Å². The van der Waals surface area contributed by atoms with Crippen molar-refractivity contribution in [3.05, 3.63) is 0 Å². The molecule has 98 valence electrons. The molecule has 4 rings (SSSR count). The van der Waals surface area contributed by atoms with Gasteiger partial charge in [-0.25, -0.2) is 0 Å². The molecule has 18 heavy (non-hydrogen) atoms. The monoisotopic (exact) mass is 254 g/mol. The summed E-state index contributed by atoms with van der Waals surface area (Å²) in [6.07, 6.45) is 1.09. The van der Waals surface area contributed by atoms with Crippen molar-refractivity contribution in [1.82, 2.24) is 0 Å². The third-order valence-corrected chi connectivity index (χ3v) is 5.13. The molecule has 4 aliphatic rings. The molecule has 4 saturated heterocycles. The van der Waals surface area contributed by atoms with E-state index in [1.54, 1.807) is 0 Å². The van der Waals surface area contributed by atoms with E-state index in [0.29, 0.717) is 0 Å². The van der Waals surface area contributed by atoms with Crippen LogP contribution in [0.3, 0.4) is 0 Å². The zero-order valence-electron chi connectivity index (χ0n) is 9.56. The fourth-order valence-corrected chi connectivity index (χ4v) is 4.62. The smallest absolute Gasteiger partial charge is 0.310 e. The molecule has 6 heteroatoms. The van der Waals surface area contributed by atoms with Crippen molar-refractivity contribution in [3.8, 4) is 0 Å².